The number of pyridine rings is 1. The monoisotopic (exact) mass is 215 g/mol. The van der Waals surface area contributed by atoms with E-state index in [-0.39, 0.29) is 5.15 Å². The minimum absolute atomic E-state index is 0.0211. The summed E-state index contributed by atoms with van der Waals surface area (Å²) in [6, 6.07) is 3.22. The second-order valence-electron chi connectivity index (χ2n) is 3.79. The van der Waals surface area contributed by atoms with Crippen LogP contribution in [-0.2, 0) is 5.67 Å². The summed E-state index contributed by atoms with van der Waals surface area (Å²) in [6.07, 6.45) is 1.80. The molecule has 1 aliphatic carbocycles. The molecule has 0 aliphatic heterocycles. The molecule has 0 saturated heterocycles. The van der Waals surface area contributed by atoms with Crippen LogP contribution in [0.1, 0.15) is 30.5 Å². The van der Waals surface area contributed by atoms with Crippen molar-refractivity contribution in [2.24, 2.45) is 0 Å². The smallest absolute Gasteiger partial charge is 0.292 e. The molecule has 0 N–H and O–H groups in total. The molecule has 14 heavy (non-hydrogen) atoms. The fraction of sp³-hybridized carbons (Fsp3) is 0.500. The lowest BCUT2D eigenvalue weighted by atomic mass is 9.77. The number of halogens is 2. The third kappa shape index (κ3) is 1.27. The molecule has 1 saturated carbocycles. The number of hydrogen-bond acceptors (Lipinski definition) is 1. The van der Waals surface area contributed by atoms with Gasteiger partial charge >= 0.3 is 0 Å². The van der Waals surface area contributed by atoms with E-state index in [2.05, 4.69) is 0 Å². The summed E-state index contributed by atoms with van der Waals surface area (Å²) in [5, 5.41) is 11.4. The molecule has 1 aliphatic rings. The molecule has 4 heteroatoms. The minimum Gasteiger partial charge on any atom is -0.617 e. The molecule has 0 aromatic carbocycles. The number of aryl methyl sites for hydroxylation is 1. The maximum Gasteiger partial charge on any atom is 0.292 e. The van der Waals surface area contributed by atoms with Crippen LogP contribution in [0.4, 0.5) is 4.39 Å². The zero-order valence-electron chi connectivity index (χ0n) is 7.89. The van der Waals surface area contributed by atoms with Crippen LogP contribution in [0.2, 0.25) is 5.15 Å². The van der Waals surface area contributed by atoms with Crippen molar-refractivity contribution in [3.8, 4) is 0 Å². The summed E-state index contributed by atoms with van der Waals surface area (Å²) in [7, 11) is 0. The van der Waals surface area contributed by atoms with Crippen LogP contribution >= 0.6 is 11.6 Å². The molecular formula is C10H11ClFNO. The Balaban J connectivity index is 2.49. The first-order valence-electron chi connectivity index (χ1n) is 4.63. The van der Waals surface area contributed by atoms with E-state index in [1.807, 2.05) is 0 Å². The fourth-order valence-electron chi connectivity index (χ4n) is 1.70. The summed E-state index contributed by atoms with van der Waals surface area (Å²) < 4.78 is 14.6. The van der Waals surface area contributed by atoms with E-state index in [9.17, 15) is 9.60 Å². The lowest BCUT2D eigenvalue weighted by molar-refractivity contribution is -0.610. The van der Waals surface area contributed by atoms with Gasteiger partial charge in [-0.1, -0.05) is 0 Å². The first-order chi connectivity index (χ1) is 6.54. The van der Waals surface area contributed by atoms with Gasteiger partial charge in [0, 0.05) is 13.0 Å². The van der Waals surface area contributed by atoms with Crippen LogP contribution < -0.4 is 4.73 Å². The number of rotatable bonds is 1. The van der Waals surface area contributed by atoms with Crippen molar-refractivity contribution in [2.45, 2.75) is 31.9 Å². The highest BCUT2D eigenvalue weighted by Crippen LogP contribution is 2.46. The molecule has 0 unspecified atom stereocenters. The molecule has 2 rings (SSSR count). The Kier molecular flexibility index (Phi) is 2.14. The van der Waals surface area contributed by atoms with E-state index < -0.39 is 5.67 Å². The van der Waals surface area contributed by atoms with Crippen LogP contribution in [0.15, 0.2) is 12.1 Å². The molecule has 2 nitrogen and oxygen atoms in total. The lowest BCUT2D eigenvalue weighted by Crippen LogP contribution is -2.37. The van der Waals surface area contributed by atoms with Crippen molar-refractivity contribution in [1.29, 1.82) is 0 Å². The zero-order chi connectivity index (χ0) is 10.3. The lowest BCUT2D eigenvalue weighted by Gasteiger charge is -2.33. The molecule has 0 bridgehead atoms. The highest BCUT2D eigenvalue weighted by Gasteiger charge is 2.42. The van der Waals surface area contributed by atoms with E-state index in [1.54, 1.807) is 19.1 Å². The Bertz CT molecular complexity index is 377. The van der Waals surface area contributed by atoms with E-state index in [1.165, 1.54) is 0 Å². The average Bonchev–Trinajstić information content (AvgIpc) is 2.11. The van der Waals surface area contributed by atoms with Gasteiger partial charge in [-0.05, 0) is 36.9 Å². The van der Waals surface area contributed by atoms with Crippen LogP contribution in [0.3, 0.4) is 0 Å². The predicted octanol–water partition coefficient (Wildman–Crippen LogP) is 2.63. The molecule has 0 spiro atoms. The van der Waals surface area contributed by atoms with Crippen LogP contribution in [0, 0.1) is 12.1 Å². The van der Waals surface area contributed by atoms with E-state index >= 15 is 0 Å². The number of aromatic nitrogens is 1. The zero-order valence-corrected chi connectivity index (χ0v) is 8.64. The molecular weight excluding hydrogens is 205 g/mol. The molecule has 0 atom stereocenters. The van der Waals surface area contributed by atoms with Gasteiger partial charge in [-0.15, -0.1) is 0 Å². The summed E-state index contributed by atoms with van der Waals surface area (Å²) >= 11 is 5.81. The van der Waals surface area contributed by atoms with Crippen molar-refractivity contribution >= 4 is 11.6 Å². The van der Waals surface area contributed by atoms with Crippen molar-refractivity contribution in [2.75, 3.05) is 0 Å². The molecule has 0 amide bonds. The fourth-order valence-corrected chi connectivity index (χ4v) is 2.06. The van der Waals surface area contributed by atoms with Gasteiger partial charge in [0.05, 0.1) is 5.56 Å². The Labute approximate surface area is 86.9 Å². The van der Waals surface area contributed by atoms with Crippen molar-refractivity contribution in [3.05, 3.63) is 33.8 Å². The molecule has 76 valence electrons. The van der Waals surface area contributed by atoms with Gasteiger partial charge in [0.15, 0.2) is 5.69 Å². The van der Waals surface area contributed by atoms with Gasteiger partial charge in [0.2, 0.25) is 0 Å². The Morgan fingerprint density at radius 2 is 2.14 bits per heavy atom. The van der Waals surface area contributed by atoms with Gasteiger partial charge < -0.3 is 5.21 Å². The highest BCUT2D eigenvalue weighted by atomic mass is 35.5. The summed E-state index contributed by atoms with van der Waals surface area (Å²) in [4.78, 5) is 0. The molecule has 1 fully saturated rings. The van der Waals surface area contributed by atoms with Crippen molar-refractivity contribution in [1.82, 2.24) is 0 Å². The summed E-state index contributed by atoms with van der Waals surface area (Å²) in [5.41, 5.74) is -0.538. The number of hydrogen-bond donors (Lipinski definition) is 0. The molecule has 1 aromatic rings. The van der Waals surface area contributed by atoms with Gasteiger partial charge in [-0.25, -0.2) is 4.39 Å². The first kappa shape index (κ1) is 9.71. The van der Waals surface area contributed by atoms with Gasteiger partial charge in [0.25, 0.3) is 5.15 Å². The quantitative estimate of drug-likeness (QED) is 0.402. The normalized spacial score (nSPS) is 19.1. The van der Waals surface area contributed by atoms with Crippen LogP contribution in [0.25, 0.3) is 0 Å². The average molecular weight is 216 g/mol. The maximum absolute atomic E-state index is 14.0. The minimum atomic E-state index is -1.36. The molecule has 1 heterocycles. The SMILES string of the molecule is Cc1ccc(C2(F)CCC2)c(Cl)[n+]1[O-]. The highest BCUT2D eigenvalue weighted by molar-refractivity contribution is 6.29. The van der Waals surface area contributed by atoms with Crippen molar-refractivity contribution < 1.29 is 9.12 Å². The number of nitrogens with zero attached hydrogens (tertiary/aromatic N) is 1. The topological polar surface area (TPSA) is 26.9 Å². The van der Waals surface area contributed by atoms with E-state index in [4.69, 9.17) is 11.6 Å². The van der Waals surface area contributed by atoms with Crippen LogP contribution in [-0.4, -0.2) is 0 Å². The third-order valence-corrected chi connectivity index (χ3v) is 3.20. The largest absolute Gasteiger partial charge is 0.617 e. The second-order valence-corrected chi connectivity index (χ2v) is 4.15. The predicted molar refractivity (Wildman–Crippen MR) is 51.8 cm³/mol. The van der Waals surface area contributed by atoms with E-state index in [0.717, 1.165) is 6.42 Å². The summed E-state index contributed by atoms with van der Waals surface area (Å²) in [6.45, 7) is 1.65. The van der Waals surface area contributed by atoms with Gasteiger partial charge in [-0.2, -0.15) is 4.73 Å². The van der Waals surface area contributed by atoms with Gasteiger partial charge in [0.1, 0.15) is 5.67 Å². The second kappa shape index (κ2) is 3.09. The molecule has 0 radical (unpaired) electrons. The molecule has 1 aromatic heterocycles. The first-order valence-corrected chi connectivity index (χ1v) is 5.00. The third-order valence-electron chi connectivity index (χ3n) is 2.84. The Morgan fingerprint density at radius 1 is 1.50 bits per heavy atom. The van der Waals surface area contributed by atoms with E-state index in [0.29, 0.717) is 28.8 Å². The Hall–Kier alpha value is -0.830. The van der Waals surface area contributed by atoms with Gasteiger partial charge in [-0.3, -0.25) is 0 Å². The standard InChI is InChI=1S/C10H11ClFNO/c1-7-3-4-8(9(11)13(7)14)10(12)5-2-6-10/h3-4H,2,5-6H2,1H3. The maximum atomic E-state index is 14.0. The van der Waals surface area contributed by atoms with Crippen molar-refractivity contribution in [3.63, 3.8) is 0 Å². The number of alkyl halides is 1. The summed E-state index contributed by atoms with van der Waals surface area (Å²) in [5.74, 6) is 0. The van der Waals surface area contributed by atoms with Crippen LogP contribution in [0.5, 0.6) is 0 Å². The Morgan fingerprint density at radius 3 is 2.64 bits per heavy atom.